The van der Waals surface area contributed by atoms with Gasteiger partial charge in [-0.1, -0.05) is 96.1 Å². The molecule has 0 aliphatic heterocycles. The lowest BCUT2D eigenvalue weighted by molar-refractivity contribution is 0.0726. The van der Waals surface area contributed by atoms with E-state index in [4.69, 9.17) is 28.4 Å². The van der Waals surface area contributed by atoms with E-state index in [2.05, 4.69) is 86.9 Å². The summed E-state index contributed by atoms with van der Waals surface area (Å²) in [4.78, 5) is 50.7. The molecule has 0 amide bonds. The molecule has 0 aromatic heterocycles. The number of carbonyl (C=O) groups is 3. The normalized spacial score (nSPS) is 11.5. The number of azo groups is 3. The van der Waals surface area contributed by atoms with Crippen molar-refractivity contribution in [3.05, 3.63) is 180 Å². The van der Waals surface area contributed by atoms with Crippen molar-refractivity contribution in [1.82, 2.24) is 14.7 Å². The maximum Gasteiger partial charge on any atom is 0.347 e. The van der Waals surface area contributed by atoms with Crippen LogP contribution in [0, 0.1) is 0 Å². The van der Waals surface area contributed by atoms with Crippen LogP contribution in [0.1, 0.15) is 91.9 Å². The van der Waals surface area contributed by atoms with Gasteiger partial charge in [0.25, 0.3) is 0 Å². The summed E-state index contributed by atoms with van der Waals surface area (Å²) >= 11 is 0. The first kappa shape index (κ1) is 62.6. The molecule has 0 bridgehead atoms. The molecule has 0 radical (unpaired) electrons. The molecule has 0 aliphatic rings. The van der Waals surface area contributed by atoms with Crippen LogP contribution in [0.5, 0.6) is 34.5 Å². The van der Waals surface area contributed by atoms with Crippen molar-refractivity contribution in [1.29, 1.82) is 0 Å². The Balaban J connectivity index is 1.27. The van der Waals surface area contributed by atoms with Gasteiger partial charge in [0.05, 0.1) is 34.1 Å². The van der Waals surface area contributed by atoms with Crippen LogP contribution in [0.25, 0.3) is 0 Å². The topological polar surface area (TPSA) is 190 Å². The molecule has 7 aromatic carbocycles. The number of carbonyl (C=O) groups excluding carboxylic acids is 3. The fourth-order valence-electron chi connectivity index (χ4n) is 8.72. The lowest BCUT2D eigenvalue weighted by Crippen LogP contribution is -2.29. The molecule has 438 valence electrons. The summed E-state index contributed by atoms with van der Waals surface area (Å²) in [5.41, 5.74) is 2.99. The Bertz CT molecular complexity index is 2930. The van der Waals surface area contributed by atoms with E-state index in [0.717, 1.165) is 58.5 Å². The highest BCUT2D eigenvalue weighted by atomic mass is 16.6. The van der Waals surface area contributed by atoms with Gasteiger partial charge in [0.15, 0.2) is 0 Å². The second kappa shape index (κ2) is 33.8. The van der Waals surface area contributed by atoms with E-state index >= 15 is 0 Å². The van der Waals surface area contributed by atoms with E-state index in [1.807, 2.05) is 91.0 Å². The fourth-order valence-corrected chi connectivity index (χ4v) is 8.72. The number of hydrogen-bond acceptors (Lipinski definition) is 18. The van der Waals surface area contributed by atoms with Gasteiger partial charge in [-0.25, -0.2) is 14.4 Å². The summed E-state index contributed by atoms with van der Waals surface area (Å²) < 4.78 is 37.3. The summed E-state index contributed by atoms with van der Waals surface area (Å²) in [6.45, 7) is 20.4. The molecular formula is C66H75N9O9. The average molecular weight is 1140 g/mol. The highest BCUT2D eigenvalue weighted by Crippen LogP contribution is 2.35. The summed E-state index contributed by atoms with van der Waals surface area (Å²) in [7, 11) is 0. The predicted octanol–water partition coefficient (Wildman–Crippen LogP) is 15.9. The molecule has 7 rings (SSSR count). The van der Waals surface area contributed by atoms with Gasteiger partial charge < -0.3 is 43.1 Å². The van der Waals surface area contributed by atoms with Crippen molar-refractivity contribution in [2.75, 3.05) is 78.7 Å². The van der Waals surface area contributed by atoms with E-state index in [0.29, 0.717) is 53.8 Å². The summed E-state index contributed by atoms with van der Waals surface area (Å²) in [5.74, 6) is -2.28. The SMILES string of the molecule is CCCN(CC)CCOc1ccc(N=Nc2ccccc2)cc1C(=O)Oc1cc(OC(=O)c2cc(N=Nc3ccccc3)ccc2OCCN(CC)CCC)cc(OC(=O)c2cc(N=Nc3ccccc3)ccc2OCCN(CC)CCC)c1. The van der Waals surface area contributed by atoms with Crippen LogP contribution in [-0.2, 0) is 0 Å². The van der Waals surface area contributed by atoms with Gasteiger partial charge in [0, 0.05) is 37.8 Å². The largest absolute Gasteiger partial charge is 0.491 e. The molecule has 0 N–H and O–H groups in total. The molecular weight excluding hydrogens is 1060 g/mol. The third kappa shape index (κ3) is 19.9. The molecule has 7 aromatic rings. The Labute approximate surface area is 492 Å². The van der Waals surface area contributed by atoms with Crippen LogP contribution in [-0.4, -0.2) is 111 Å². The van der Waals surface area contributed by atoms with Gasteiger partial charge in [-0.3, -0.25) is 0 Å². The number of hydrogen-bond donors (Lipinski definition) is 0. The molecule has 0 aliphatic carbocycles. The second-order valence-electron chi connectivity index (χ2n) is 19.3. The number of benzene rings is 7. The third-order valence-electron chi connectivity index (χ3n) is 13.1. The first-order valence-electron chi connectivity index (χ1n) is 28.8. The van der Waals surface area contributed by atoms with Gasteiger partial charge in [0.1, 0.15) is 71.0 Å². The lowest BCUT2D eigenvalue weighted by Gasteiger charge is -2.20. The van der Waals surface area contributed by atoms with Gasteiger partial charge in [-0.15, -0.1) is 0 Å². The molecule has 0 spiro atoms. The standard InChI is InChI=1S/C66H75N9O9/c1-7-34-73(10-4)37-40-79-61-31-28-52(70-67-49-22-16-13-17-23-49)43-58(61)64(76)82-55-46-56(83-65(77)59-44-53(71-68-50-24-18-14-19-25-50)29-32-62(59)80-41-38-74(11-5)35-8-2)48-57(47-55)84-66(78)60-45-54(72-69-51-26-20-15-21-27-51)30-33-63(60)81-42-39-75(12-6)36-9-3/h13-33,43-48H,7-12,34-42H2,1-6H3. The van der Waals surface area contributed by atoms with Crippen molar-refractivity contribution in [2.45, 2.75) is 60.8 Å². The predicted molar refractivity (Wildman–Crippen MR) is 326 cm³/mol. The summed E-state index contributed by atoms with van der Waals surface area (Å²) in [5, 5.41) is 26.3. The van der Waals surface area contributed by atoms with Gasteiger partial charge >= 0.3 is 17.9 Å². The monoisotopic (exact) mass is 1140 g/mol. The van der Waals surface area contributed by atoms with Crippen LogP contribution in [0.15, 0.2) is 194 Å². The molecule has 0 saturated heterocycles. The van der Waals surface area contributed by atoms with E-state index in [1.165, 1.54) is 36.4 Å². The highest BCUT2D eigenvalue weighted by molar-refractivity contribution is 5.97. The zero-order valence-corrected chi connectivity index (χ0v) is 48.9. The molecule has 84 heavy (non-hydrogen) atoms. The second-order valence-corrected chi connectivity index (χ2v) is 19.3. The van der Waals surface area contributed by atoms with Crippen LogP contribution in [0.2, 0.25) is 0 Å². The smallest absolute Gasteiger partial charge is 0.347 e. The molecule has 18 heteroatoms. The first-order chi connectivity index (χ1) is 41.1. The Kier molecular flexibility index (Phi) is 25.2. The maximum atomic E-state index is 14.7. The summed E-state index contributed by atoms with van der Waals surface area (Å²) in [6.07, 6.45) is 2.91. The van der Waals surface area contributed by atoms with Crippen LogP contribution >= 0.6 is 0 Å². The quantitative estimate of drug-likeness (QED) is 0.0215. The number of ether oxygens (including phenoxy) is 6. The van der Waals surface area contributed by atoms with Crippen molar-refractivity contribution in [3.8, 4) is 34.5 Å². The lowest BCUT2D eigenvalue weighted by atomic mass is 10.1. The number of esters is 3. The number of nitrogens with zero attached hydrogens (tertiary/aromatic N) is 9. The minimum absolute atomic E-state index is 0.0340. The maximum absolute atomic E-state index is 14.7. The van der Waals surface area contributed by atoms with Crippen LogP contribution < -0.4 is 28.4 Å². The first-order valence-corrected chi connectivity index (χ1v) is 28.8. The van der Waals surface area contributed by atoms with E-state index in [1.54, 1.807) is 36.4 Å². The highest BCUT2D eigenvalue weighted by Gasteiger charge is 2.24. The van der Waals surface area contributed by atoms with Crippen molar-refractivity contribution < 1.29 is 42.8 Å². The molecule has 0 atom stereocenters. The van der Waals surface area contributed by atoms with E-state index in [-0.39, 0.29) is 71.0 Å². The minimum Gasteiger partial charge on any atom is -0.491 e. The average Bonchev–Trinajstić information content (AvgIpc) is 3.71. The third-order valence-corrected chi connectivity index (χ3v) is 13.1. The van der Waals surface area contributed by atoms with E-state index < -0.39 is 17.9 Å². The minimum atomic E-state index is -0.851. The Morgan fingerprint density at radius 2 is 0.583 bits per heavy atom. The van der Waals surface area contributed by atoms with E-state index in [9.17, 15) is 14.4 Å². The molecule has 0 fully saturated rings. The zero-order chi connectivity index (χ0) is 59.3. The Hall–Kier alpha value is -8.97. The Morgan fingerprint density at radius 1 is 0.321 bits per heavy atom. The van der Waals surface area contributed by atoms with Crippen molar-refractivity contribution in [3.63, 3.8) is 0 Å². The van der Waals surface area contributed by atoms with Crippen molar-refractivity contribution >= 4 is 52.0 Å². The molecule has 0 unspecified atom stereocenters. The molecule has 18 nitrogen and oxygen atoms in total. The summed E-state index contributed by atoms with van der Waals surface area (Å²) in [6, 6.07) is 46.2. The number of likely N-dealkylation sites (N-methyl/N-ethyl adjacent to an activating group) is 3. The van der Waals surface area contributed by atoms with Crippen LogP contribution in [0.4, 0.5) is 34.1 Å². The number of rotatable bonds is 33. The van der Waals surface area contributed by atoms with Gasteiger partial charge in [-0.2, -0.15) is 30.7 Å². The molecule has 0 heterocycles. The zero-order valence-electron chi connectivity index (χ0n) is 48.9. The van der Waals surface area contributed by atoms with Gasteiger partial charge in [-0.05, 0) is 150 Å². The fraction of sp³-hybridized carbons (Fsp3) is 0.318. The van der Waals surface area contributed by atoms with Crippen molar-refractivity contribution in [2.24, 2.45) is 30.7 Å². The Morgan fingerprint density at radius 3 is 0.833 bits per heavy atom. The van der Waals surface area contributed by atoms with Crippen LogP contribution in [0.3, 0.4) is 0 Å². The molecule has 0 saturated carbocycles. The van der Waals surface area contributed by atoms with Gasteiger partial charge in [0.2, 0.25) is 0 Å².